The molecule has 0 fully saturated rings. The highest BCUT2D eigenvalue weighted by molar-refractivity contribution is 9.10. The number of benzene rings is 1. The summed E-state index contributed by atoms with van der Waals surface area (Å²) in [6, 6.07) is 1.70. The molecule has 4 nitrogen and oxygen atoms in total. The summed E-state index contributed by atoms with van der Waals surface area (Å²) in [6.07, 6.45) is -4.52. The SMILES string of the molecule is CCS(=O)c1c(N)n[nH]c1-c1c(Cl)cc(C(F)(F)F)cc1Br. The molecule has 2 aromatic rings. The van der Waals surface area contributed by atoms with Crippen molar-refractivity contribution in [3.8, 4) is 11.3 Å². The first-order valence-corrected chi connectivity index (χ1v) is 8.44. The largest absolute Gasteiger partial charge is 0.416 e. The maximum atomic E-state index is 12.8. The van der Waals surface area contributed by atoms with E-state index in [0.717, 1.165) is 12.1 Å². The number of nitrogens with two attached hydrogens (primary N) is 1. The number of hydrogen-bond acceptors (Lipinski definition) is 3. The molecular weight excluding hydrogens is 407 g/mol. The van der Waals surface area contributed by atoms with Crippen LogP contribution in [0.4, 0.5) is 19.0 Å². The Labute approximate surface area is 139 Å². The van der Waals surface area contributed by atoms with E-state index in [1.54, 1.807) is 6.92 Å². The first-order valence-electron chi connectivity index (χ1n) is 5.95. The van der Waals surface area contributed by atoms with Crippen molar-refractivity contribution in [1.82, 2.24) is 10.2 Å². The first kappa shape index (κ1) is 17.3. The van der Waals surface area contributed by atoms with Crippen molar-refractivity contribution in [1.29, 1.82) is 0 Å². The monoisotopic (exact) mass is 415 g/mol. The zero-order valence-corrected chi connectivity index (χ0v) is 14.3. The minimum atomic E-state index is -4.52. The summed E-state index contributed by atoms with van der Waals surface area (Å²) in [4.78, 5) is 0.227. The van der Waals surface area contributed by atoms with Gasteiger partial charge in [0, 0.05) is 15.8 Å². The fourth-order valence-corrected chi connectivity index (χ4v) is 3.90. The zero-order chi connectivity index (χ0) is 16.7. The number of nitrogen functional groups attached to an aromatic ring is 1. The highest BCUT2D eigenvalue weighted by Gasteiger charge is 2.33. The van der Waals surface area contributed by atoms with Gasteiger partial charge in [-0.25, -0.2) is 0 Å². The smallest absolute Gasteiger partial charge is 0.381 e. The van der Waals surface area contributed by atoms with E-state index in [1.165, 1.54) is 0 Å². The molecule has 0 aliphatic rings. The highest BCUT2D eigenvalue weighted by Crippen LogP contribution is 2.42. The van der Waals surface area contributed by atoms with Crippen molar-refractivity contribution in [2.75, 3.05) is 11.5 Å². The molecule has 3 N–H and O–H groups in total. The molecule has 1 unspecified atom stereocenters. The lowest BCUT2D eigenvalue weighted by Gasteiger charge is -2.12. The third kappa shape index (κ3) is 3.16. The van der Waals surface area contributed by atoms with Gasteiger partial charge in [0.05, 0.1) is 27.1 Å². The van der Waals surface area contributed by atoms with Crippen molar-refractivity contribution < 1.29 is 17.4 Å². The molecule has 0 radical (unpaired) electrons. The quantitative estimate of drug-likeness (QED) is 0.787. The minimum absolute atomic E-state index is 0.0260. The fraction of sp³-hybridized carbons (Fsp3) is 0.250. The molecule has 1 heterocycles. The molecule has 0 spiro atoms. The summed E-state index contributed by atoms with van der Waals surface area (Å²) >= 11 is 9.06. The lowest BCUT2D eigenvalue weighted by Crippen LogP contribution is -2.05. The molecule has 22 heavy (non-hydrogen) atoms. The first-order chi connectivity index (χ1) is 10.2. The second kappa shape index (κ2) is 6.21. The topological polar surface area (TPSA) is 71.8 Å². The molecule has 1 atom stereocenters. The Hall–Kier alpha value is -1.06. The summed E-state index contributed by atoms with van der Waals surface area (Å²) < 4.78 is 50.5. The van der Waals surface area contributed by atoms with E-state index in [9.17, 15) is 17.4 Å². The third-order valence-corrected chi connectivity index (χ3v) is 5.17. The summed E-state index contributed by atoms with van der Waals surface area (Å²) in [6.45, 7) is 1.69. The van der Waals surface area contributed by atoms with Crippen LogP contribution in [0.15, 0.2) is 21.5 Å². The van der Waals surface area contributed by atoms with Gasteiger partial charge in [0.1, 0.15) is 4.90 Å². The Morgan fingerprint density at radius 1 is 1.45 bits per heavy atom. The van der Waals surface area contributed by atoms with Gasteiger partial charge in [-0.15, -0.1) is 0 Å². The van der Waals surface area contributed by atoms with Gasteiger partial charge in [0.2, 0.25) is 0 Å². The summed E-state index contributed by atoms with van der Waals surface area (Å²) in [7, 11) is -1.44. The summed E-state index contributed by atoms with van der Waals surface area (Å²) in [5.41, 5.74) is 5.26. The number of aromatic amines is 1. The predicted octanol–water partition coefficient (Wildman–Crippen LogP) is 4.22. The van der Waals surface area contributed by atoms with E-state index in [2.05, 4.69) is 26.1 Å². The zero-order valence-electron chi connectivity index (χ0n) is 11.1. The van der Waals surface area contributed by atoms with Crippen LogP contribution in [0, 0.1) is 0 Å². The summed E-state index contributed by atoms with van der Waals surface area (Å²) in [5, 5.41) is 6.20. The molecule has 0 aliphatic carbocycles. The van der Waals surface area contributed by atoms with Crippen LogP contribution < -0.4 is 5.73 Å². The van der Waals surface area contributed by atoms with Crippen LogP contribution in [0.3, 0.4) is 0 Å². The molecule has 0 bridgehead atoms. The second-order valence-corrected chi connectivity index (χ2v) is 7.20. The van der Waals surface area contributed by atoms with Gasteiger partial charge in [0.25, 0.3) is 0 Å². The van der Waals surface area contributed by atoms with Crippen molar-refractivity contribution in [3.05, 3.63) is 27.2 Å². The van der Waals surface area contributed by atoms with Crippen LogP contribution in [-0.4, -0.2) is 20.2 Å². The number of halogens is 5. The van der Waals surface area contributed by atoms with E-state index >= 15 is 0 Å². The van der Waals surface area contributed by atoms with Gasteiger partial charge in [-0.2, -0.15) is 18.3 Å². The van der Waals surface area contributed by atoms with Gasteiger partial charge >= 0.3 is 6.18 Å². The third-order valence-electron chi connectivity index (χ3n) is 2.86. The summed E-state index contributed by atoms with van der Waals surface area (Å²) in [5.74, 6) is 0.310. The molecule has 10 heteroatoms. The lowest BCUT2D eigenvalue weighted by molar-refractivity contribution is -0.137. The van der Waals surface area contributed by atoms with Crippen LogP contribution in [0.2, 0.25) is 5.02 Å². The molecule has 120 valence electrons. The van der Waals surface area contributed by atoms with E-state index in [-0.39, 0.29) is 37.2 Å². The van der Waals surface area contributed by atoms with Crippen molar-refractivity contribution >= 4 is 44.1 Å². The highest BCUT2D eigenvalue weighted by atomic mass is 79.9. The molecule has 1 aromatic carbocycles. The van der Waals surface area contributed by atoms with Gasteiger partial charge < -0.3 is 5.73 Å². The normalized spacial score (nSPS) is 13.4. The molecule has 1 aromatic heterocycles. The van der Waals surface area contributed by atoms with Crippen LogP contribution in [0.1, 0.15) is 12.5 Å². The van der Waals surface area contributed by atoms with Crippen LogP contribution in [-0.2, 0) is 17.0 Å². The van der Waals surface area contributed by atoms with Gasteiger partial charge in [-0.1, -0.05) is 34.5 Å². The van der Waals surface area contributed by atoms with Crippen molar-refractivity contribution in [3.63, 3.8) is 0 Å². The molecule has 0 saturated heterocycles. The number of alkyl halides is 3. The maximum absolute atomic E-state index is 12.8. The van der Waals surface area contributed by atoms with Gasteiger partial charge in [0.15, 0.2) is 5.82 Å². The average Bonchev–Trinajstić information content (AvgIpc) is 2.78. The number of hydrogen-bond donors (Lipinski definition) is 2. The number of anilines is 1. The molecule has 0 amide bonds. The number of nitrogens with one attached hydrogen (secondary N) is 1. The Balaban J connectivity index is 2.68. The Morgan fingerprint density at radius 3 is 2.59 bits per heavy atom. The number of rotatable bonds is 3. The van der Waals surface area contributed by atoms with Crippen LogP contribution in [0.5, 0.6) is 0 Å². The van der Waals surface area contributed by atoms with E-state index in [4.69, 9.17) is 17.3 Å². The standard InChI is InChI=1S/C12H10BrClF3N3OS/c1-2-22(21)10-9(19-20-11(10)18)8-6(13)3-5(4-7(8)14)12(15,16)17/h3-4H,2H2,1H3,(H3,18,19,20). The molecule has 0 aliphatic heterocycles. The maximum Gasteiger partial charge on any atom is 0.416 e. The number of aromatic nitrogens is 2. The van der Waals surface area contributed by atoms with E-state index in [1.807, 2.05) is 0 Å². The number of H-pyrrole nitrogens is 1. The van der Waals surface area contributed by atoms with Gasteiger partial charge in [-0.3, -0.25) is 9.31 Å². The van der Waals surface area contributed by atoms with E-state index in [0.29, 0.717) is 0 Å². The number of nitrogens with zero attached hydrogens (tertiary/aromatic N) is 1. The molecule has 0 saturated carbocycles. The average molecular weight is 417 g/mol. The lowest BCUT2D eigenvalue weighted by atomic mass is 10.1. The van der Waals surface area contributed by atoms with Gasteiger partial charge in [-0.05, 0) is 12.1 Å². The Bertz CT molecular complexity index is 725. The molecule has 2 rings (SSSR count). The van der Waals surface area contributed by atoms with Crippen LogP contribution >= 0.6 is 27.5 Å². The van der Waals surface area contributed by atoms with E-state index < -0.39 is 22.5 Å². The second-order valence-electron chi connectivity index (χ2n) is 4.26. The van der Waals surface area contributed by atoms with Crippen molar-refractivity contribution in [2.45, 2.75) is 18.0 Å². The predicted molar refractivity (Wildman–Crippen MR) is 83.1 cm³/mol. The molecular formula is C12H10BrClF3N3OS. The van der Waals surface area contributed by atoms with Crippen LogP contribution in [0.25, 0.3) is 11.3 Å². The minimum Gasteiger partial charge on any atom is -0.381 e. The Kier molecular flexibility index (Phi) is 4.88. The van der Waals surface area contributed by atoms with Crippen molar-refractivity contribution in [2.24, 2.45) is 0 Å². The fourth-order valence-electron chi connectivity index (χ4n) is 1.87. The Morgan fingerprint density at radius 2 is 2.09 bits per heavy atom.